The molecule has 0 unspecified atom stereocenters. The average molecular weight is 401 g/mol. The molecule has 1 fully saturated rings. The number of rotatable bonds is 3. The quantitative estimate of drug-likeness (QED) is 0.858. The molecule has 0 saturated heterocycles. The van der Waals surface area contributed by atoms with Gasteiger partial charge in [0.05, 0.1) is 0 Å². The maximum atomic E-state index is 12.8. The number of nitrogens with zero attached hydrogens (tertiary/aromatic N) is 3. The van der Waals surface area contributed by atoms with Gasteiger partial charge in [0.2, 0.25) is 11.9 Å². The molecule has 1 spiro atoms. The van der Waals surface area contributed by atoms with Crippen LogP contribution in [0.15, 0.2) is 35.1 Å². The van der Waals surface area contributed by atoms with Gasteiger partial charge in [0.15, 0.2) is 0 Å². The fourth-order valence-corrected chi connectivity index (χ4v) is 3.70. The first-order valence-corrected chi connectivity index (χ1v) is 8.94. The summed E-state index contributed by atoms with van der Waals surface area (Å²) in [6, 6.07) is 5.75. The van der Waals surface area contributed by atoms with E-state index < -0.39 is 0 Å². The van der Waals surface area contributed by atoms with Crippen molar-refractivity contribution in [1.29, 1.82) is 0 Å². The molecule has 6 nitrogen and oxygen atoms in total. The van der Waals surface area contributed by atoms with Crippen LogP contribution < -0.4 is 5.32 Å². The lowest BCUT2D eigenvalue weighted by atomic mass is 9.86. The molecule has 1 N–H and O–H groups in total. The van der Waals surface area contributed by atoms with E-state index in [0.29, 0.717) is 12.1 Å². The van der Waals surface area contributed by atoms with Crippen molar-refractivity contribution in [3.05, 3.63) is 51.8 Å². The third kappa shape index (κ3) is 3.04. The SMILES string of the molecule is Cc1cnc(NC(=O)CN2CC3(CC3)c3cc(Br)ccc3C2=O)nc1. The number of hydrogen-bond acceptors (Lipinski definition) is 4. The molecule has 2 amide bonds. The Morgan fingerprint density at radius 3 is 2.72 bits per heavy atom. The zero-order valence-corrected chi connectivity index (χ0v) is 15.3. The summed E-state index contributed by atoms with van der Waals surface area (Å²) in [5.41, 5.74) is 2.73. The Bertz CT molecular complexity index is 862. The van der Waals surface area contributed by atoms with Crippen molar-refractivity contribution >= 4 is 33.7 Å². The molecule has 2 heterocycles. The summed E-state index contributed by atoms with van der Waals surface area (Å²) in [6.07, 6.45) is 5.37. The molecule has 25 heavy (non-hydrogen) atoms. The first kappa shape index (κ1) is 16.2. The lowest BCUT2D eigenvalue weighted by Gasteiger charge is -2.34. The highest BCUT2D eigenvalue weighted by atomic mass is 79.9. The normalized spacial score (nSPS) is 17.4. The molecule has 0 bridgehead atoms. The first-order valence-electron chi connectivity index (χ1n) is 8.15. The number of aryl methyl sites for hydroxylation is 1. The van der Waals surface area contributed by atoms with Gasteiger partial charge in [0.1, 0.15) is 6.54 Å². The first-order chi connectivity index (χ1) is 12.0. The molecule has 0 radical (unpaired) electrons. The van der Waals surface area contributed by atoms with Crippen LogP contribution in [-0.2, 0) is 10.2 Å². The summed E-state index contributed by atoms with van der Waals surface area (Å²) in [7, 11) is 0. The minimum absolute atomic E-state index is 0.00727. The molecule has 1 saturated carbocycles. The van der Waals surface area contributed by atoms with Gasteiger partial charge in [-0.25, -0.2) is 9.97 Å². The van der Waals surface area contributed by atoms with Crippen LogP contribution in [-0.4, -0.2) is 39.8 Å². The third-order valence-corrected chi connectivity index (χ3v) is 5.28. The van der Waals surface area contributed by atoms with Crippen LogP contribution in [0.2, 0.25) is 0 Å². The number of halogens is 1. The number of hydrogen-bond donors (Lipinski definition) is 1. The third-order valence-electron chi connectivity index (χ3n) is 4.78. The van der Waals surface area contributed by atoms with E-state index in [1.54, 1.807) is 17.3 Å². The fraction of sp³-hybridized carbons (Fsp3) is 0.333. The second kappa shape index (κ2) is 5.91. The molecule has 0 atom stereocenters. The Hall–Kier alpha value is -2.28. The van der Waals surface area contributed by atoms with Gasteiger partial charge in [-0.2, -0.15) is 0 Å². The van der Waals surface area contributed by atoms with Crippen molar-refractivity contribution in [3.8, 4) is 0 Å². The number of aromatic nitrogens is 2. The average Bonchev–Trinajstić information content (AvgIpc) is 3.35. The standard InChI is InChI=1S/C18H17BrN4O2/c1-11-7-20-17(21-8-11)22-15(24)9-23-10-18(4-5-18)14-6-12(19)2-3-13(14)16(23)25/h2-3,6-8H,4-5,9-10H2,1H3,(H,20,21,22,24). The van der Waals surface area contributed by atoms with Crippen LogP contribution in [0.3, 0.4) is 0 Å². The predicted molar refractivity (Wildman–Crippen MR) is 96.4 cm³/mol. The molecule has 4 rings (SSSR count). The molecular weight excluding hydrogens is 384 g/mol. The second-order valence-corrected chi connectivity index (χ2v) is 7.68. The number of fused-ring (bicyclic) bond motifs is 2. The van der Waals surface area contributed by atoms with Crippen molar-refractivity contribution in [1.82, 2.24) is 14.9 Å². The maximum Gasteiger partial charge on any atom is 0.254 e. The molecule has 2 aromatic rings. The predicted octanol–water partition coefficient (Wildman–Crippen LogP) is 2.67. The Morgan fingerprint density at radius 1 is 1.32 bits per heavy atom. The Labute approximate surface area is 153 Å². The van der Waals surface area contributed by atoms with Crippen molar-refractivity contribution in [2.45, 2.75) is 25.2 Å². The molecule has 1 aliphatic carbocycles. The van der Waals surface area contributed by atoms with Gasteiger partial charge in [-0.05, 0) is 49.1 Å². The summed E-state index contributed by atoms with van der Waals surface area (Å²) in [4.78, 5) is 34.9. The van der Waals surface area contributed by atoms with Gasteiger partial charge < -0.3 is 4.90 Å². The summed E-state index contributed by atoms with van der Waals surface area (Å²) >= 11 is 3.48. The van der Waals surface area contributed by atoms with Crippen molar-refractivity contribution < 1.29 is 9.59 Å². The summed E-state index contributed by atoms with van der Waals surface area (Å²) in [5, 5.41) is 2.66. The van der Waals surface area contributed by atoms with Crippen LogP contribution in [0.25, 0.3) is 0 Å². The molecule has 7 heteroatoms. The van der Waals surface area contributed by atoms with Crippen LogP contribution in [0.5, 0.6) is 0 Å². The Kier molecular flexibility index (Phi) is 3.83. The van der Waals surface area contributed by atoms with E-state index in [9.17, 15) is 9.59 Å². The topological polar surface area (TPSA) is 75.2 Å². The Balaban J connectivity index is 1.52. The maximum absolute atomic E-state index is 12.8. The van der Waals surface area contributed by atoms with Crippen LogP contribution >= 0.6 is 15.9 Å². The Morgan fingerprint density at radius 2 is 2.04 bits per heavy atom. The van der Waals surface area contributed by atoms with Crippen LogP contribution in [0.4, 0.5) is 5.95 Å². The van der Waals surface area contributed by atoms with E-state index in [2.05, 4.69) is 31.2 Å². The van der Waals surface area contributed by atoms with Crippen molar-refractivity contribution in [3.63, 3.8) is 0 Å². The van der Waals surface area contributed by atoms with E-state index >= 15 is 0 Å². The number of carbonyl (C=O) groups is 2. The monoisotopic (exact) mass is 400 g/mol. The number of nitrogens with one attached hydrogen (secondary N) is 1. The smallest absolute Gasteiger partial charge is 0.254 e. The van der Waals surface area contributed by atoms with E-state index in [0.717, 1.165) is 28.4 Å². The largest absolute Gasteiger partial charge is 0.328 e. The van der Waals surface area contributed by atoms with Gasteiger partial charge in [-0.15, -0.1) is 0 Å². The van der Waals surface area contributed by atoms with Crippen LogP contribution in [0.1, 0.15) is 34.3 Å². The number of anilines is 1. The molecule has 128 valence electrons. The fourth-order valence-electron chi connectivity index (χ4n) is 3.34. The zero-order valence-electron chi connectivity index (χ0n) is 13.8. The highest BCUT2D eigenvalue weighted by molar-refractivity contribution is 9.10. The highest BCUT2D eigenvalue weighted by Gasteiger charge is 2.51. The van der Waals surface area contributed by atoms with Gasteiger partial charge in [-0.1, -0.05) is 15.9 Å². The number of carbonyl (C=O) groups excluding carboxylic acids is 2. The van der Waals surface area contributed by atoms with Crippen molar-refractivity contribution in [2.24, 2.45) is 0 Å². The van der Waals surface area contributed by atoms with Gasteiger partial charge >= 0.3 is 0 Å². The number of benzene rings is 1. The minimum Gasteiger partial charge on any atom is -0.328 e. The summed E-state index contributed by atoms with van der Waals surface area (Å²) < 4.78 is 0.980. The van der Waals surface area contributed by atoms with Gasteiger partial charge in [-0.3, -0.25) is 14.9 Å². The van der Waals surface area contributed by atoms with E-state index in [-0.39, 0.29) is 29.7 Å². The van der Waals surface area contributed by atoms with E-state index in [1.807, 2.05) is 25.1 Å². The molecular formula is C18H17BrN4O2. The molecule has 1 aromatic carbocycles. The lowest BCUT2D eigenvalue weighted by molar-refractivity contribution is -0.117. The minimum atomic E-state index is -0.284. The second-order valence-electron chi connectivity index (χ2n) is 6.76. The van der Waals surface area contributed by atoms with E-state index in [4.69, 9.17) is 0 Å². The van der Waals surface area contributed by atoms with Gasteiger partial charge in [0.25, 0.3) is 5.91 Å². The van der Waals surface area contributed by atoms with E-state index in [1.165, 1.54) is 0 Å². The number of amides is 2. The van der Waals surface area contributed by atoms with Gasteiger partial charge in [0, 0.05) is 34.4 Å². The molecule has 1 aromatic heterocycles. The molecule has 2 aliphatic rings. The van der Waals surface area contributed by atoms with Crippen LogP contribution in [0, 0.1) is 6.92 Å². The summed E-state index contributed by atoms with van der Waals surface area (Å²) in [5.74, 6) is -0.126. The van der Waals surface area contributed by atoms with Crippen molar-refractivity contribution in [2.75, 3.05) is 18.4 Å². The zero-order chi connectivity index (χ0) is 17.6. The lowest BCUT2D eigenvalue weighted by Crippen LogP contribution is -2.46. The summed E-state index contributed by atoms with van der Waals surface area (Å²) in [6.45, 7) is 2.47. The molecule has 1 aliphatic heterocycles. The highest BCUT2D eigenvalue weighted by Crippen LogP contribution is 2.52.